The maximum Gasteiger partial charge on any atom is 0.328 e. The number of benzene rings is 4. The van der Waals surface area contributed by atoms with Crippen LogP contribution >= 0.6 is 7.29 Å². The molecule has 0 aromatic heterocycles. The molecule has 4 aromatic rings. The van der Waals surface area contributed by atoms with Crippen molar-refractivity contribution in [2.24, 2.45) is 5.73 Å². The summed E-state index contributed by atoms with van der Waals surface area (Å²) in [5, 5.41) is 13.5. The summed E-state index contributed by atoms with van der Waals surface area (Å²) in [5.41, 5.74) is 3.44. The lowest BCUT2D eigenvalue weighted by Gasteiger charge is -2.35. The monoisotopic (exact) mass is 631 g/mol. The predicted molar refractivity (Wildman–Crippen MR) is 167 cm³/mol. The van der Waals surface area contributed by atoms with E-state index in [1.807, 2.05) is 43.3 Å². The van der Waals surface area contributed by atoms with Crippen LogP contribution in [0.4, 0.5) is 8.78 Å². The smallest absolute Gasteiger partial charge is 0.328 e. The highest BCUT2D eigenvalue weighted by Gasteiger charge is 2.52. The molecule has 2 aliphatic heterocycles. The molecule has 4 aromatic carbocycles. The van der Waals surface area contributed by atoms with Gasteiger partial charge in [0.05, 0.1) is 18.1 Å². The molecule has 8 nitrogen and oxygen atoms in total. The minimum Gasteiger partial charge on any atom is -0.490 e. The number of aliphatic carboxylic acids is 1. The van der Waals surface area contributed by atoms with E-state index in [-0.39, 0.29) is 30.6 Å². The largest absolute Gasteiger partial charge is 0.490 e. The van der Waals surface area contributed by atoms with Crippen LogP contribution in [0.5, 0.6) is 11.5 Å². The van der Waals surface area contributed by atoms with Crippen LogP contribution in [0.1, 0.15) is 37.8 Å². The third-order valence-electron chi connectivity index (χ3n) is 7.81. The number of nitrogens with zero attached hydrogens (tertiary/aromatic N) is 1. The molecular weight excluding hydrogens is 599 g/mol. The van der Waals surface area contributed by atoms with Crippen molar-refractivity contribution < 1.29 is 32.7 Å². The number of fused-ring (bicyclic) bond motifs is 2. The predicted octanol–water partition coefficient (Wildman–Crippen LogP) is 5.82. The molecule has 0 saturated heterocycles. The van der Waals surface area contributed by atoms with Gasteiger partial charge in [-0.2, -0.15) is 5.09 Å². The highest BCUT2D eigenvalue weighted by atomic mass is 31.2. The van der Waals surface area contributed by atoms with Gasteiger partial charge in [0.2, 0.25) is 7.29 Å². The standard InChI is InChI=1S/C23H20FN2O2P.C11H12FNO3/c1-17-16-23(25-2,21-15-18(24)13-14-22(21)28-17)26-29(27,19-9-5-3-6-10-19)20-11-7-4-8-12-20;1-6-5-11(13,10(14)15)8-4-7(12)2-3-9(8)16-6/h3-15,17H,16H2,1H3,(H,26,27);2-4,6H,5,13H2,1H3,(H,14,15)/t17-,23+;6-,11+/m11/s1. The number of carboxylic acids is 1. The number of nitrogens with one attached hydrogen (secondary N) is 1. The van der Waals surface area contributed by atoms with Crippen LogP contribution in [-0.4, -0.2) is 23.3 Å². The molecule has 0 aliphatic carbocycles. The van der Waals surface area contributed by atoms with E-state index in [1.165, 1.54) is 30.3 Å². The van der Waals surface area contributed by atoms with Crippen LogP contribution in [0.25, 0.3) is 4.85 Å². The minimum atomic E-state index is -3.41. The lowest BCUT2D eigenvalue weighted by Crippen LogP contribution is -2.50. The molecule has 45 heavy (non-hydrogen) atoms. The molecule has 6 rings (SSSR count). The Balaban J connectivity index is 0.000000211. The van der Waals surface area contributed by atoms with E-state index < -0.39 is 36.1 Å². The Bertz CT molecular complexity index is 1760. The van der Waals surface area contributed by atoms with Crippen LogP contribution < -0.4 is 30.9 Å². The highest BCUT2D eigenvalue weighted by molar-refractivity contribution is 7.77. The normalized spacial score (nSPS) is 23.5. The summed E-state index contributed by atoms with van der Waals surface area (Å²) < 4.78 is 52.9. The van der Waals surface area contributed by atoms with Crippen LogP contribution in [0.2, 0.25) is 0 Å². The Labute approximate surface area is 260 Å². The van der Waals surface area contributed by atoms with Crippen molar-refractivity contribution in [2.45, 2.75) is 50.1 Å². The lowest BCUT2D eigenvalue weighted by atomic mass is 9.83. The Morgan fingerprint density at radius 2 is 1.33 bits per heavy atom. The summed E-state index contributed by atoms with van der Waals surface area (Å²) in [4.78, 5) is 15.1. The summed E-state index contributed by atoms with van der Waals surface area (Å²) in [7, 11) is -3.41. The first-order chi connectivity index (χ1) is 21.4. The van der Waals surface area contributed by atoms with Gasteiger partial charge in [0.1, 0.15) is 34.8 Å². The van der Waals surface area contributed by atoms with Crippen molar-refractivity contribution in [3.63, 3.8) is 0 Å². The van der Waals surface area contributed by atoms with E-state index in [1.54, 1.807) is 31.2 Å². The van der Waals surface area contributed by atoms with Gasteiger partial charge in [0.25, 0.3) is 0 Å². The summed E-state index contributed by atoms with van der Waals surface area (Å²) >= 11 is 0. The molecule has 0 unspecified atom stereocenters. The third-order valence-corrected chi connectivity index (χ3v) is 10.5. The molecule has 4 atom stereocenters. The van der Waals surface area contributed by atoms with Gasteiger partial charge >= 0.3 is 11.6 Å². The van der Waals surface area contributed by atoms with Crippen molar-refractivity contribution in [3.8, 4) is 11.5 Å². The van der Waals surface area contributed by atoms with E-state index in [2.05, 4.69) is 9.93 Å². The highest BCUT2D eigenvalue weighted by Crippen LogP contribution is 2.49. The first kappa shape index (κ1) is 31.9. The SMILES string of the molecule is C[C@@H]1C[C@@](N)(C(=O)O)c2cc(F)ccc2O1.[C-]#[N+][C@]1(NP(=O)(c2ccccc2)c2ccccc2)C[C@@H](C)Oc2ccc(F)cc21. The Morgan fingerprint density at radius 1 is 0.867 bits per heavy atom. The van der Waals surface area contributed by atoms with Gasteiger partial charge < -0.3 is 20.3 Å². The fraction of sp³-hybridized carbons (Fsp3) is 0.235. The molecule has 2 aliphatic rings. The quantitative estimate of drug-likeness (QED) is 0.188. The number of carbonyl (C=O) groups is 1. The van der Waals surface area contributed by atoms with Gasteiger partial charge in [-0.3, -0.25) is 9.41 Å². The number of halogens is 2. The van der Waals surface area contributed by atoms with Gasteiger partial charge in [-0.1, -0.05) is 36.4 Å². The first-order valence-electron chi connectivity index (χ1n) is 14.3. The summed E-state index contributed by atoms with van der Waals surface area (Å²) in [6, 6.07) is 26.0. The van der Waals surface area contributed by atoms with Crippen molar-refractivity contribution in [3.05, 3.63) is 131 Å². The van der Waals surface area contributed by atoms with Gasteiger partial charge in [-0.05, 0) is 74.5 Å². The van der Waals surface area contributed by atoms with Gasteiger partial charge in [0.15, 0.2) is 0 Å². The zero-order valence-electron chi connectivity index (χ0n) is 24.6. The summed E-state index contributed by atoms with van der Waals surface area (Å²) in [6.07, 6.45) is -0.233. The van der Waals surface area contributed by atoms with Gasteiger partial charge in [-0.15, -0.1) is 0 Å². The molecule has 0 saturated carbocycles. The third kappa shape index (κ3) is 6.20. The summed E-state index contributed by atoms with van der Waals surface area (Å²) in [5.74, 6) is -1.39. The van der Waals surface area contributed by atoms with E-state index >= 15 is 0 Å². The topological polar surface area (TPSA) is 115 Å². The lowest BCUT2D eigenvalue weighted by molar-refractivity contribution is -0.145. The van der Waals surface area contributed by atoms with E-state index in [0.717, 1.165) is 6.07 Å². The Hall–Kier alpha value is -4.55. The van der Waals surface area contributed by atoms with Crippen LogP contribution in [0, 0.1) is 18.2 Å². The van der Waals surface area contributed by atoms with Crippen LogP contribution in [0.3, 0.4) is 0 Å². The average molecular weight is 632 g/mol. The van der Waals surface area contributed by atoms with Gasteiger partial charge in [-0.25, -0.2) is 20.1 Å². The number of hydrogen-bond acceptors (Lipinski definition) is 5. The van der Waals surface area contributed by atoms with Crippen LogP contribution in [0.15, 0.2) is 97.1 Å². The zero-order valence-corrected chi connectivity index (χ0v) is 25.5. The maximum atomic E-state index is 14.5. The van der Waals surface area contributed by atoms with E-state index in [0.29, 0.717) is 27.7 Å². The number of rotatable bonds is 5. The number of nitrogens with two attached hydrogens (primary N) is 1. The Morgan fingerprint density at radius 3 is 1.82 bits per heavy atom. The fourth-order valence-corrected chi connectivity index (χ4v) is 8.26. The molecule has 232 valence electrons. The molecule has 11 heteroatoms. The fourth-order valence-electron chi connectivity index (χ4n) is 5.74. The molecule has 0 spiro atoms. The maximum absolute atomic E-state index is 14.5. The van der Waals surface area contributed by atoms with Crippen molar-refractivity contribution in [2.75, 3.05) is 0 Å². The molecule has 0 radical (unpaired) electrons. The van der Waals surface area contributed by atoms with Gasteiger partial charge in [0, 0.05) is 22.6 Å². The number of ether oxygens (including phenoxy) is 2. The number of hydrogen-bond donors (Lipinski definition) is 3. The number of carboxylic acid groups (broad SMARTS) is 1. The molecule has 0 bridgehead atoms. The molecule has 0 amide bonds. The molecule has 4 N–H and O–H groups in total. The second-order valence-corrected chi connectivity index (χ2v) is 13.7. The average Bonchev–Trinajstić information content (AvgIpc) is 3.03. The second kappa shape index (κ2) is 12.4. The van der Waals surface area contributed by atoms with E-state index in [9.17, 15) is 18.1 Å². The Kier molecular flexibility index (Phi) is 8.81. The molecule has 0 fully saturated rings. The zero-order chi connectivity index (χ0) is 32.4. The first-order valence-corrected chi connectivity index (χ1v) is 16.0. The summed E-state index contributed by atoms with van der Waals surface area (Å²) in [6.45, 7) is 11.6. The second-order valence-electron chi connectivity index (χ2n) is 11.2. The van der Waals surface area contributed by atoms with Crippen molar-refractivity contribution >= 4 is 23.9 Å². The van der Waals surface area contributed by atoms with E-state index in [4.69, 9.17) is 26.9 Å². The minimum absolute atomic E-state index is 0.124. The van der Waals surface area contributed by atoms with Crippen LogP contribution in [-0.2, 0) is 20.6 Å². The van der Waals surface area contributed by atoms with Crippen molar-refractivity contribution in [1.82, 2.24) is 5.09 Å². The molecule has 2 heterocycles. The molecular formula is C34H32F2N3O5P. The van der Waals surface area contributed by atoms with Crippen molar-refractivity contribution in [1.29, 1.82) is 0 Å².